The van der Waals surface area contributed by atoms with E-state index in [1.54, 1.807) is 0 Å². The molecule has 13 heavy (non-hydrogen) atoms. The van der Waals surface area contributed by atoms with Gasteiger partial charge in [-0.05, 0) is 51.1 Å². The summed E-state index contributed by atoms with van der Waals surface area (Å²) < 4.78 is 0. The van der Waals surface area contributed by atoms with Crippen LogP contribution in [0.15, 0.2) is 0 Å². The minimum atomic E-state index is 0.482. The maximum atomic E-state index is 5.90. The number of likely N-dealkylation sites (tertiary alicyclic amines) is 1. The molecule has 0 bridgehead atoms. The molecule has 2 atom stereocenters. The Kier molecular flexibility index (Phi) is 2.89. The first-order chi connectivity index (χ1) is 6.25. The molecular weight excluding hydrogens is 160 g/mol. The summed E-state index contributed by atoms with van der Waals surface area (Å²) in [5, 5.41) is 0. The van der Waals surface area contributed by atoms with Crippen LogP contribution in [0.5, 0.6) is 0 Å². The zero-order valence-corrected chi connectivity index (χ0v) is 8.71. The van der Waals surface area contributed by atoms with Gasteiger partial charge in [0.25, 0.3) is 0 Å². The molecule has 1 aliphatic carbocycles. The normalized spacial score (nSPS) is 38.3. The SMILES string of the molecule is CC1CCC(N2CCC(N)CC2)C1. The molecule has 2 aliphatic rings. The third-order valence-corrected chi connectivity index (χ3v) is 3.76. The van der Waals surface area contributed by atoms with Crippen LogP contribution in [0.2, 0.25) is 0 Å². The maximum absolute atomic E-state index is 5.90. The minimum absolute atomic E-state index is 0.482. The highest BCUT2D eigenvalue weighted by atomic mass is 15.2. The lowest BCUT2D eigenvalue weighted by molar-refractivity contribution is 0.152. The quantitative estimate of drug-likeness (QED) is 0.667. The van der Waals surface area contributed by atoms with Crippen molar-refractivity contribution in [3.63, 3.8) is 0 Å². The van der Waals surface area contributed by atoms with Gasteiger partial charge in [0, 0.05) is 12.1 Å². The molecule has 2 unspecified atom stereocenters. The Labute approximate surface area is 81.5 Å². The fraction of sp³-hybridized carbons (Fsp3) is 1.00. The Morgan fingerprint density at radius 1 is 1.08 bits per heavy atom. The van der Waals surface area contributed by atoms with Crippen LogP contribution in [0.1, 0.15) is 39.0 Å². The number of piperidine rings is 1. The van der Waals surface area contributed by atoms with Crippen molar-refractivity contribution >= 4 is 0 Å². The van der Waals surface area contributed by atoms with Gasteiger partial charge in [-0.15, -0.1) is 0 Å². The molecular formula is C11H22N2. The van der Waals surface area contributed by atoms with E-state index in [9.17, 15) is 0 Å². The molecule has 1 saturated heterocycles. The average molecular weight is 182 g/mol. The molecule has 0 aromatic rings. The predicted molar refractivity (Wildman–Crippen MR) is 55.6 cm³/mol. The first-order valence-corrected chi connectivity index (χ1v) is 5.75. The van der Waals surface area contributed by atoms with Gasteiger partial charge < -0.3 is 10.6 Å². The predicted octanol–water partition coefficient (Wildman–Crippen LogP) is 1.60. The van der Waals surface area contributed by atoms with Crippen molar-refractivity contribution in [2.75, 3.05) is 13.1 Å². The van der Waals surface area contributed by atoms with E-state index in [1.807, 2.05) is 0 Å². The number of hydrogen-bond acceptors (Lipinski definition) is 2. The molecule has 0 aromatic heterocycles. The van der Waals surface area contributed by atoms with Gasteiger partial charge in [-0.2, -0.15) is 0 Å². The summed E-state index contributed by atoms with van der Waals surface area (Å²) in [6, 6.07) is 1.37. The van der Waals surface area contributed by atoms with E-state index in [0.29, 0.717) is 6.04 Å². The van der Waals surface area contributed by atoms with Gasteiger partial charge in [-0.25, -0.2) is 0 Å². The van der Waals surface area contributed by atoms with E-state index in [2.05, 4.69) is 11.8 Å². The first-order valence-electron chi connectivity index (χ1n) is 5.75. The molecule has 0 aromatic carbocycles. The van der Waals surface area contributed by atoms with E-state index in [1.165, 1.54) is 45.2 Å². The number of hydrogen-bond donors (Lipinski definition) is 1. The van der Waals surface area contributed by atoms with Crippen LogP contribution in [0.3, 0.4) is 0 Å². The van der Waals surface area contributed by atoms with Crippen molar-refractivity contribution < 1.29 is 0 Å². The van der Waals surface area contributed by atoms with E-state index in [4.69, 9.17) is 5.73 Å². The Balaban J connectivity index is 1.81. The van der Waals surface area contributed by atoms with Gasteiger partial charge in [0.15, 0.2) is 0 Å². The fourth-order valence-electron chi connectivity index (χ4n) is 2.79. The van der Waals surface area contributed by atoms with Crippen LogP contribution in [0.4, 0.5) is 0 Å². The lowest BCUT2D eigenvalue weighted by Gasteiger charge is -2.34. The summed E-state index contributed by atoms with van der Waals surface area (Å²) in [6.07, 6.45) is 6.72. The lowest BCUT2D eigenvalue weighted by atomic mass is 10.0. The molecule has 0 amide bonds. The van der Waals surface area contributed by atoms with Crippen LogP contribution >= 0.6 is 0 Å². The molecule has 76 valence electrons. The second kappa shape index (κ2) is 3.97. The summed E-state index contributed by atoms with van der Waals surface area (Å²) in [5.74, 6) is 0.959. The molecule has 2 fully saturated rings. The van der Waals surface area contributed by atoms with E-state index in [0.717, 1.165) is 12.0 Å². The van der Waals surface area contributed by atoms with Gasteiger partial charge in [0.05, 0.1) is 0 Å². The third kappa shape index (κ3) is 2.23. The van der Waals surface area contributed by atoms with Crippen molar-refractivity contribution in [2.24, 2.45) is 11.7 Å². The third-order valence-electron chi connectivity index (χ3n) is 3.76. The molecule has 0 spiro atoms. The lowest BCUT2D eigenvalue weighted by Crippen LogP contribution is -2.44. The number of nitrogens with zero attached hydrogens (tertiary/aromatic N) is 1. The highest BCUT2D eigenvalue weighted by Gasteiger charge is 2.28. The standard InChI is InChI=1S/C11H22N2/c1-9-2-3-11(8-9)13-6-4-10(12)5-7-13/h9-11H,2-8,12H2,1H3. The van der Waals surface area contributed by atoms with Crippen LogP contribution in [-0.2, 0) is 0 Å². The van der Waals surface area contributed by atoms with Crippen molar-refractivity contribution in [2.45, 2.75) is 51.1 Å². The van der Waals surface area contributed by atoms with Crippen LogP contribution < -0.4 is 5.73 Å². The zero-order valence-electron chi connectivity index (χ0n) is 8.71. The molecule has 2 nitrogen and oxygen atoms in total. The summed E-state index contributed by atoms with van der Waals surface area (Å²) in [4.78, 5) is 2.67. The largest absolute Gasteiger partial charge is 0.328 e. The molecule has 1 aliphatic heterocycles. The van der Waals surface area contributed by atoms with Gasteiger partial charge >= 0.3 is 0 Å². The van der Waals surface area contributed by atoms with Crippen LogP contribution in [-0.4, -0.2) is 30.1 Å². The summed E-state index contributed by atoms with van der Waals surface area (Å²) in [7, 11) is 0. The molecule has 2 N–H and O–H groups in total. The van der Waals surface area contributed by atoms with Gasteiger partial charge in [-0.1, -0.05) is 6.92 Å². The van der Waals surface area contributed by atoms with Crippen LogP contribution in [0.25, 0.3) is 0 Å². The highest BCUT2D eigenvalue weighted by molar-refractivity contribution is 4.84. The number of rotatable bonds is 1. The summed E-state index contributed by atoms with van der Waals surface area (Å²) in [6.45, 7) is 4.88. The minimum Gasteiger partial charge on any atom is -0.328 e. The highest BCUT2D eigenvalue weighted by Crippen LogP contribution is 2.30. The van der Waals surface area contributed by atoms with E-state index >= 15 is 0 Å². The van der Waals surface area contributed by atoms with Gasteiger partial charge in [0.1, 0.15) is 0 Å². The monoisotopic (exact) mass is 182 g/mol. The number of nitrogens with two attached hydrogens (primary N) is 1. The molecule has 2 rings (SSSR count). The van der Waals surface area contributed by atoms with Crippen LogP contribution in [0, 0.1) is 5.92 Å². The molecule has 0 radical (unpaired) electrons. The van der Waals surface area contributed by atoms with Crippen molar-refractivity contribution in [3.05, 3.63) is 0 Å². The topological polar surface area (TPSA) is 29.3 Å². The fourth-order valence-corrected chi connectivity index (χ4v) is 2.79. The molecule has 2 heteroatoms. The smallest absolute Gasteiger partial charge is 0.00979 e. The molecule has 1 heterocycles. The van der Waals surface area contributed by atoms with E-state index in [-0.39, 0.29) is 0 Å². The average Bonchev–Trinajstić information content (AvgIpc) is 2.53. The summed E-state index contributed by atoms with van der Waals surface area (Å²) in [5.41, 5.74) is 5.90. The van der Waals surface area contributed by atoms with Crippen molar-refractivity contribution in [3.8, 4) is 0 Å². The second-order valence-electron chi connectivity index (χ2n) is 4.95. The second-order valence-corrected chi connectivity index (χ2v) is 4.95. The maximum Gasteiger partial charge on any atom is 0.00979 e. The van der Waals surface area contributed by atoms with Crippen molar-refractivity contribution in [1.29, 1.82) is 0 Å². The van der Waals surface area contributed by atoms with Gasteiger partial charge in [0.2, 0.25) is 0 Å². The first kappa shape index (κ1) is 9.47. The Morgan fingerprint density at radius 2 is 1.77 bits per heavy atom. The Morgan fingerprint density at radius 3 is 2.31 bits per heavy atom. The molecule has 1 saturated carbocycles. The zero-order chi connectivity index (χ0) is 9.26. The Bertz CT molecular complexity index is 161. The summed E-state index contributed by atoms with van der Waals surface area (Å²) >= 11 is 0. The van der Waals surface area contributed by atoms with Crippen molar-refractivity contribution in [1.82, 2.24) is 4.90 Å². The van der Waals surface area contributed by atoms with Gasteiger partial charge in [-0.3, -0.25) is 0 Å². The Hall–Kier alpha value is -0.0800. The van der Waals surface area contributed by atoms with E-state index < -0.39 is 0 Å².